The average molecular weight is 281 g/mol. The van der Waals surface area contributed by atoms with E-state index in [0.717, 1.165) is 23.8 Å². The lowest BCUT2D eigenvalue weighted by Crippen LogP contribution is -2.64. The van der Waals surface area contributed by atoms with Crippen molar-refractivity contribution in [2.75, 3.05) is 33.2 Å². The first kappa shape index (κ1) is 16.3. The quantitative estimate of drug-likeness (QED) is 0.856. The summed E-state index contributed by atoms with van der Waals surface area (Å²) in [4.78, 5) is 5.36. The Kier molecular flexibility index (Phi) is 5.49. The minimum absolute atomic E-state index is 0.664. The normalized spacial score (nSPS) is 37.8. The van der Waals surface area contributed by atoms with Gasteiger partial charge in [0.15, 0.2) is 0 Å². The Morgan fingerprint density at radius 3 is 2.30 bits per heavy atom. The SMILES string of the molecule is CC(C)C1CN(C2CCN(C)CC2C)C(C(C)C)CN1. The van der Waals surface area contributed by atoms with Crippen LogP contribution in [-0.2, 0) is 0 Å². The largest absolute Gasteiger partial charge is 0.311 e. The van der Waals surface area contributed by atoms with Gasteiger partial charge in [0, 0.05) is 37.8 Å². The second-order valence-corrected chi connectivity index (χ2v) is 7.86. The van der Waals surface area contributed by atoms with E-state index in [1.54, 1.807) is 0 Å². The van der Waals surface area contributed by atoms with Crippen molar-refractivity contribution >= 4 is 0 Å². The average Bonchev–Trinajstić information content (AvgIpc) is 2.37. The van der Waals surface area contributed by atoms with Gasteiger partial charge in [0.1, 0.15) is 0 Å². The van der Waals surface area contributed by atoms with Crippen LogP contribution < -0.4 is 5.32 Å². The van der Waals surface area contributed by atoms with E-state index in [1.165, 1.54) is 32.6 Å². The summed E-state index contributed by atoms with van der Waals surface area (Å²) in [6.45, 7) is 16.8. The maximum Gasteiger partial charge on any atom is 0.0247 e. The fourth-order valence-electron chi connectivity index (χ4n) is 4.10. The van der Waals surface area contributed by atoms with Gasteiger partial charge in [-0.2, -0.15) is 0 Å². The van der Waals surface area contributed by atoms with Crippen LogP contribution in [0, 0.1) is 17.8 Å². The number of rotatable bonds is 3. The number of nitrogens with one attached hydrogen (secondary N) is 1. The van der Waals surface area contributed by atoms with Crippen molar-refractivity contribution in [1.82, 2.24) is 15.1 Å². The zero-order valence-electron chi connectivity index (χ0n) is 14.4. The maximum absolute atomic E-state index is 3.79. The molecule has 118 valence electrons. The summed E-state index contributed by atoms with van der Waals surface area (Å²) in [6.07, 6.45) is 1.34. The van der Waals surface area contributed by atoms with Crippen molar-refractivity contribution < 1.29 is 0 Å². The predicted octanol–water partition coefficient (Wildman–Crippen LogP) is 2.28. The molecule has 0 aromatic heterocycles. The van der Waals surface area contributed by atoms with E-state index in [2.05, 4.69) is 56.8 Å². The Balaban J connectivity index is 2.10. The van der Waals surface area contributed by atoms with E-state index in [9.17, 15) is 0 Å². The van der Waals surface area contributed by atoms with Crippen molar-refractivity contribution in [3.63, 3.8) is 0 Å². The molecule has 1 N–H and O–H groups in total. The van der Waals surface area contributed by atoms with Crippen LogP contribution in [0.3, 0.4) is 0 Å². The molecule has 2 aliphatic heterocycles. The maximum atomic E-state index is 3.79. The first-order valence-corrected chi connectivity index (χ1v) is 8.57. The Morgan fingerprint density at radius 1 is 1.05 bits per heavy atom. The number of hydrogen-bond acceptors (Lipinski definition) is 3. The highest BCUT2D eigenvalue weighted by Crippen LogP contribution is 2.28. The number of hydrogen-bond donors (Lipinski definition) is 1. The van der Waals surface area contributed by atoms with Gasteiger partial charge in [-0.1, -0.05) is 34.6 Å². The Morgan fingerprint density at radius 2 is 1.75 bits per heavy atom. The smallest absolute Gasteiger partial charge is 0.0247 e. The monoisotopic (exact) mass is 281 g/mol. The lowest BCUT2D eigenvalue weighted by molar-refractivity contribution is -0.00415. The van der Waals surface area contributed by atoms with Gasteiger partial charge in [-0.15, -0.1) is 0 Å². The molecular weight excluding hydrogens is 246 g/mol. The summed E-state index contributed by atoms with van der Waals surface area (Å²) in [5.41, 5.74) is 0. The number of nitrogens with zero attached hydrogens (tertiary/aromatic N) is 2. The molecule has 3 nitrogen and oxygen atoms in total. The number of likely N-dealkylation sites (tertiary alicyclic amines) is 1. The highest BCUT2D eigenvalue weighted by atomic mass is 15.3. The molecule has 2 aliphatic rings. The lowest BCUT2D eigenvalue weighted by Gasteiger charge is -2.51. The van der Waals surface area contributed by atoms with E-state index in [-0.39, 0.29) is 0 Å². The Labute approximate surface area is 126 Å². The molecule has 0 bridgehead atoms. The lowest BCUT2D eigenvalue weighted by atomic mass is 9.86. The van der Waals surface area contributed by atoms with Crippen LogP contribution in [0.2, 0.25) is 0 Å². The Bertz CT molecular complexity index is 303. The van der Waals surface area contributed by atoms with Crippen molar-refractivity contribution in [3.8, 4) is 0 Å². The highest BCUT2D eigenvalue weighted by molar-refractivity contribution is 4.95. The van der Waals surface area contributed by atoms with Gasteiger partial charge in [-0.3, -0.25) is 4.90 Å². The topological polar surface area (TPSA) is 18.5 Å². The summed E-state index contributed by atoms with van der Waals surface area (Å²) in [7, 11) is 2.27. The third kappa shape index (κ3) is 3.55. The van der Waals surface area contributed by atoms with Crippen LogP contribution in [0.4, 0.5) is 0 Å². The van der Waals surface area contributed by atoms with Gasteiger partial charge in [0.05, 0.1) is 0 Å². The third-order valence-corrected chi connectivity index (χ3v) is 5.49. The van der Waals surface area contributed by atoms with Crippen LogP contribution in [0.15, 0.2) is 0 Å². The van der Waals surface area contributed by atoms with Gasteiger partial charge >= 0.3 is 0 Å². The molecule has 2 fully saturated rings. The molecule has 0 aliphatic carbocycles. The summed E-state index contributed by atoms with van der Waals surface area (Å²) in [6, 6.07) is 2.15. The molecule has 0 spiro atoms. The van der Waals surface area contributed by atoms with Gasteiger partial charge in [-0.05, 0) is 37.8 Å². The van der Waals surface area contributed by atoms with Crippen molar-refractivity contribution in [2.24, 2.45) is 17.8 Å². The second-order valence-electron chi connectivity index (χ2n) is 7.86. The van der Waals surface area contributed by atoms with Crippen LogP contribution in [0.1, 0.15) is 41.0 Å². The summed E-state index contributed by atoms with van der Waals surface area (Å²) in [5.74, 6) is 2.26. The van der Waals surface area contributed by atoms with Crippen LogP contribution in [0.25, 0.3) is 0 Å². The molecule has 0 radical (unpaired) electrons. The Hall–Kier alpha value is -0.120. The van der Waals surface area contributed by atoms with Crippen LogP contribution in [0.5, 0.6) is 0 Å². The zero-order chi connectivity index (χ0) is 14.9. The van der Waals surface area contributed by atoms with Crippen molar-refractivity contribution in [2.45, 2.75) is 59.2 Å². The third-order valence-electron chi connectivity index (χ3n) is 5.49. The fourth-order valence-corrected chi connectivity index (χ4v) is 4.10. The minimum atomic E-state index is 0.664. The van der Waals surface area contributed by atoms with E-state index in [4.69, 9.17) is 0 Å². The van der Waals surface area contributed by atoms with Crippen LogP contribution >= 0.6 is 0 Å². The molecule has 4 atom stereocenters. The molecule has 3 heteroatoms. The molecule has 20 heavy (non-hydrogen) atoms. The first-order valence-electron chi connectivity index (χ1n) is 8.57. The van der Waals surface area contributed by atoms with Gasteiger partial charge in [0.25, 0.3) is 0 Å². The van der Waals surface area contributed by atoms with Crippen LogP contribution in [-0.4, -0.2) is 61.2 Å². The molecule has 0 saturated carbocycles. The van der Waals surface area contributed by atoms with Gasteiger partial charge in [-0.25, -0.2) is 0 Å². The van der Waals surface area contributed by atoms with Crippen molar-refractivity contribution in [3.05, 3.63) is 0 Å². The van der Waals surface area contributed by atoms with Gasteiger partial charge in [0.2, 0.25) is 0 Å². The van der Waals surface area contributed by atoms with E-state index >= 15 is 0 Å². The fraction of sp³-hybridized carbons (Fsp3) is 1.00. The predicted molar refractivity (Wildman–Crippen MR) is 87.0 cm³/mol. The molecule has 0 amide bonds. The molecule has 0 aromatic carbocycles. The molecule has 0 aromatic rings. The summed E-state index contributed by atoms with van der Waals surface area (Å²) in [5, 5.41) is 3.79. The van der Waals surface area contributed by atoms with Gasteiger partial charge < -0.3 is 10.2 Å². The zero-order valence-corrected chi connectivity index (χ0v) is 14.4. The van der Waals surface area contributed by atoms with E-state index in [1.807, 2.05) is 0 Å². The first-order chi connectivity index (χ1) is 9.40. The number of piperidine rings is 1. The second kappa shape index (κ2) is 6.76. The molecule has 2 saturated heterocycles. The molecule has 2 rings (SSSR count). The van der Waals surface area contributed by atoms with E-state index in [0.29, 0.717) is 12.1 Å². The van der Waals surface area contributed by atoms with E-state index < -0.39 is 0 Å². The molecule has 4 unspecified atom stereocenters. The summed E-state index contributed by atoms with van der Waals surface area (Å²) >= 11 is 0. The molecular formula is C17H35N3. The summed E-state index contributed by atoms with van der Waals surface area (Å²) < 4.78 is 0. The highest BCUT2D eigenvalue weighted by Gasteiger charge is 2.38. The minimum Gasteiger partial charge on any atom is -0.311 e. The molecule has 2 heterocycles. The number of piperazine rings is 1. The standard InChI is InChI=1S/C17H35N3/c1-12(2)15-11-20(17(9-18-15)13(3)4)16-7-8-19(6)10-14(16)5/h12-18H,7-11H2,1-6H3. The van der Waals surface area contributed by atoms with Crippen molar-refractivity contribution in [1.29, 1.82) is 0 Å².